The number of benzene rings is 2. The maximum Gasteiger partial charge on any atom is 0.343 e. The minimum Gasteiger partial charge on any atom is -0.479 e. The first-order valence-corrected chi connectivity index (χ1v) is 10.5. The van der Waals surface area contributed by atoms with Crippen LogP contribution in [-0.2, 0) is 19.1 Å². The van der Waals surface area contributed by atoms with Gasteiger partial charge in [-0.15, -0.1) is 0 Å². The number of nitrogens with zero attached hydrogens (tertiary/aromatic N) is 1. The molecule has 3 rings (SSSR count). The summed E-state index contributed by atoms with van der Waals surface area (Å²) < 4.78 is 10.2. The van der Waals surface area contributed by atoms with E-state index in [4.69, 9.17) is 27.9 Å². The molecule has 32 heavy (non-hydrogen) atoms. The van der Waals surface area contributed by atoms with E-state index >= 15 is 0 Å². The number of aryl methyl sites for hydroxylation is 1. The molecule has 0 saturated carbocycles. The fraction of sp³-hybridized carbons (Fsp3) is 0.143. The molecule has 1 fully saturated rings. The molecule has 0 aromatic heterocycles. The molecule has 8 nitrogen and oxygen atoms in total. The van der Waals surface area contributed by atoms with Crippen LogP contribution >= 0.6 is 39.1 Å². The van der Waals surface area contributed by atoms with Gasteiger partial charge >= 0.3 is 12.0 Å². The number of nitrogens with one attached hydrogen (secondary N) is 1. The Kier molecular flexibility index (Phi) is 7.22. The van der Waals surface area contributed by atoms with Crippen molar-refractivity contribution in [2.24, 2.45) is 0 Å². The molecule has 0 unspecified atom stereocenters. The number of amides is 4. The molecule has 1 heterocycles. The quantitative estimate of drug-likeness (QED) is 0.344. The van der Waals surface area contributed by atoms with Gasteiger partial charge in [-0.3, -0.25) is 14.9 Å². The number of hydrogen-bond acceptors (Lipinski definition) is 6. The number of rotatable bonds is 5. The minimum absolute atomic E-state index is 0.122. The van der Waals surface area contributed by atoms with Crippen molar-refractivity contribution in [3.63, 3.8) is 0 Å². The fourth-order valence-corrected chi connectivity index (χ4v) is 3.93. The van der Waals surface area contributed by atoms with Crippen LogP contribution in [0.25, 0.3) is 6.08 Å². The highest BCUT2D eigenvalue weighted by molar-refractivity contribution is 9.10. The maximum absolute atomic E-state index is 13.0. The van der Waals surface area contributed by atoms with Gasteiger partial charge < -0.3 is 9.47 Å². The number of urea groups is 1. The van der Waals surface area contributed by atoms with E-state index in [1.807, 2.05) is 0 Å². The summed E-state index contributed by atoms with van der Waals surface area (Å²) in [5.41, 5.74) is 1.07. The Hall–Kier alpha value is -2.88. The third kappa shape index (κ3) is 4.95. The Morgan fingerprint density at radius 3 is 2.50 bits per heavy atom. The van der Waals surface area contributed by atoms with Gasteiger partial charge in [-0.05, 0) is 64.3 Å². The Bertz CT molecular complexity index is 1160. The molecular weight excluding hydrogens is 527 g/mol. The average Bonchev–Trinajstić information content (AvgIpc) is 2.72. The van der Waals surface area contributed by atoms with E-state index in [1.165, 1.54) is 31.4 Å². The van der Waals surface area contributed by atoms with Crippen LogP contribution in [0.3, 0.4) is 0 Å². The second kappa shape index (κ2) is 9.72. The maximum atomic E-state index is 13.0. The zero-order valence-electron chi connectivity index (χ0n) is 16.7. The van der Waals surface area contributed by atoms with Gasteiger partial charge in [-0.25, -0.2) is 14.5 Å². The van der Waals surface area contributed by atoms with E-state index in [2.05, 4.69) is 26.0 Å². The van der Waals surface area contributed by atoms with Crippen molar-refractivity contribution >= 4 is 74.7 Å². The number of carbonyl (C=O) groups excluding carboxylic acids is 4. The molecule has 1 aliphatic rings. The van der Waals surface area contributed by atoms with Crippen LogP contribution in [0.4, 0.5) is 10.5 Å². The van der Waals surface area contributed by atoms with E-state index < -0.39 is 23.8 Å². The second-order valence-electron chi connectivity index (χ2n) is 6.57. The van der Waals surface area contributed by atoms with Gasteiger partial charge in [-0.1, -0.05) is 29.3 Å². The largest absolute Gasteiger partial charge is 0.479 e. The summed E-state index contributed by atoms with van der Waals surface area (Å²) in [6, 6.07) is 6.76. The normalized spacial score (nSPS) is 15.1. The average molecular weight is 542 g/mol. The van der Waals surface area contributed by atoms with Gasteiger partial charge in [0.05, 0.1) is 22.3 Å². The number of halogens is 3. The van der Waals surface area contributed by atoms with Crippen LogP contribution in [0, 0.1) is 6.92 Å². The Morgan fingerprint density at radius 1 is 1.16 bits per heavy atom. The van der Waals surface area contributed by atoms with Crippen LogP contribution < -0.4 is 15.0 Å². The van der Waals surface area contributed by atoms with E-state index in [1.54, 1.807) is 19.1 Å². The van der Waals surface area contributed by atoms with Crippen molar-refractivity contribution in [3.8, 4) is 5.75 Å². The van der Waals surface area contributed by atoms with Gasteiger partial charge in [0.1, 0.15) is 5.57 Å². The summed E-state index contributed by atoms with van der Waals surface area (Å²) >= 11 is 15.6. The van der Waals surface area contributed by atoms with Crippen molar-refractivity contribution in [1.29, 1.82) is 0 Å². The third-order valence-corrected chi connectivity index (χ3v) is 5.69. The number of carbonyl (C=O) groups is 4. The molecule has 4 amide bonds. The topological polar surface area (TPSA) is 102 Å². The van der Waals surface area contributed by atoms with Crippen molar-refractivity contribution < 1.29 is 28.7 Å². The summed E-state index contributed by atoms with van der Waals surface area (Å²) in [6.07, 6.45) is 1.29. The molecule has 11 heteroatoms. The number of ether oxygens (including phenoxy) is 2. The number of barbiturate groups is 1. The Balaban J connectivity index is 1.95. The second-order valence-corrected chi connectivity index (χ2v) is 8.24. The zero-order valence-corrected chi connectivity index (χ0v) is 19.8. The highest BCUT2D eigenvalue weighted by Crippen LogP contribution is 2.35. The number of hydrogen-bond donors (Lipinski definition) is 1. The molecule has 2 aromatic carbocycles. The van der Waals surface area contributed by atoms with Gasteiger partial charge in [0.15, 0.2) is 12.4 Å². The van der Waals surface area contributed by atoms with Crippen LogP contribution in [0.15, 0.2) is 40.4 Å². The van der Waals surface area contributed by atoms with Crippen molar-refractivity contribution in [2.75, 3.05) is 18.6 Å². The molecular formula is C21H15BrCl2N2O6. The highest BCUT2D eigenvalue weighted by Gasteiger charge is 2.37. The number of esters is 1. The standard InChI is InChI=1S/C21H15BrCl2N2O6/c1-10-3-4-12(8-15(10)23)26-20(29)13(19(28)25-21(26)30)5-11-6-14(22)18(16(24)7-11)32-9-17(27)31-2/h3-8H,9H2,1-2H3,(H,25,28,30)/b13-5-. The van der Waals surface area contributed by atoms with Crippen LogP contribution in [0.5, 0.6) is 5.75 Å². The van der Waals surface area contributed by atoms with Gasteiger partial charge in [0.25, 0.3) is 11.8 Å². The van der Waals surface area contributed by atoms with Crippen molar-refractivity contribution in [2.45, 2.75) is 6.92 Å². The fourth-order valence-electron chi connectivity index (χ4n) is 2.77. The monoisotopic (exact) mass is 540 g/mol. The van der Waals surface area contributed by atoms with E-state index in [0.29, 0.717) is 15.1 Å². The van der Waals surface area contributed by atoms with Gasteiger partial charge in [0.2, 0.25) is 0 Å². The molecule has 1 N–H and O–H groups in total. The SMILES string of the molecule is COC(=O)COc1c(Cl)cc(/C=C2/C(=O)NC(=O)N(c3ccc(C)c(Cl)c3)C2=O)cc1Br. The third-order valence-electron chi connectivity index (χ3n) is 4.41. The minimum atomic E-state index is -0.886. The first kappa shape index (κ1) is 23.8. The lowest BCUT2D eigenvalue weighted by Crippen LogP contribution is -2.54. The van der Waals surface area contributed by atoms with Crippen LogP contribution in [0.2, 0.25) is 10.0 Å². The number of methoxy groups -OCH3 is 1. The number of imide groups is 2. The molecule has 0 radical (unpaired) electrons. The number of anilines is 1. The summed E-state index contributed by atoms with van der Waals surface area (Å²) in [6.45, 7) is 1.42. The Morgan fingerprint density at radius 2 is 1.88 bits per heavy atom. The van der Waals surface area contributed by atoms with E-state index in [0.717, 1.165) is 10.5 Å². The van der Waals surface area contributed by atoms with Gasteiger partial charge in [-0.2, -0.15) is 0 Å². The summed E-state index contributed by atoms with van der Waals surface area (Å²) in [5, 5.41) is 2.62. The first-order valence-electron chi connectivity index (χ1n) is 8.98. The molecule has 0 bridgehead atoms. The smallest absolute Gasteiger partial charge is 0.343 e. The lowest BCUT2D eigenvalue weighted by molar-refractivity contribution is -0.143. The molecule has 166 valence electrons. The molecule has 1 saturated heterocycles. The first-order chi connectivity index (χ1) is 15.1. The predicted octanol–water partition coefficient (Wildman–Crippen LogP) is 4.28. The van der Waals surface area contributed by atoms with Crippen molar-refractivity contribution in [1.82, 2.24) is 5.32 Å². The van der Waals surface area contributed by atoms with E-state index in [-0.39, 0.29) is 28.6 Å². The Labute approximate surface area is 201 Å². The van der Waals surface area contributed by atoms with Crippen LogP contribution in [-0.4, -0.2) is 37.5 Å². The lowest BCUT2D eigenvalue weighted by Gasteiger charge is -2.26. The van der Waals surface area contributed by atoms with Crippen molar-refractivity contribution in [3.05, 3.63) is 61.5 Å². The summed E-state index contributed by atoms with van der Waals surface area (Å²) in [7, 11) is 1.22. The molecule has 2 aromatic rings. The highest BCUT2D eigenvalue weighted by atomic mass is 79.9. The lowest BCUT2D eigenvalue weighted by atomic mass is 10.1. The summed E-state index contributed by atoms with van der Waals surface area (Å²) in [4.78, 5) is 49.8. The molecule has 0 atom stereocenters. The zero-order chi connectivity index (χ0) is 23.6. The van der Waals surface area contributed by atoms with E-state index in [9.17, 15) is 19.2 Å². The predicted molar refractivity (Wildman–Crippen MR) is 122 cm³/mol. The molecule has 1 aliphatic heterocycles. The van der Waals surface area contributed by atoms with Gasteiger partial charge in [0, 0.05) is 5.02 Å². The summed E-state index contributed by atoms with van der Waals surface area (Å²) in [5.74, 6) is -2.08. The molecule has 0 spiro atoms. The van der Waals surface area contributed by atoms with Crippen LogP contribution in [0.1, 0.15) is 11.1 Å². The molecule has 0 aliphatic carbocycles.